The molecule has 0 amide bonds. The molecule has 2 aromatic carbocycles. The molecule has 1 atom stereocenters. The van der Waals surface area contributed by atoms with Gasteiger partial charge in [0, 0.05) is 23.6 Å². The number of halogens is 1. The van der Waals surface area contributed by atoms with Crippen molar-refractivity contribution in [1.82, 2.24) is 0 Å². The molecule has 2 N–H and O–H groups in total. The zero-order valence-corrected chi connectivity index (χ0v) is 12.2. The molecule has 3 heteroatoms. The van der Waals surface area contributed by atoms with Gasteiger partial charge >= 0.3 is 0 Å². The van der Waals surface area contributed by atoms with Crippen molar-refractivity contribution in [3.63, 3.8) is 0 Å². The number of nitrogen functional groups attached to an aromatic ring is 1. The number of nitrogens with two attached hydrogens (primary N) is 1. The lowest BCUT2D eigenvalue weighted by molar-refractivity contribution is -0.118. The number of anilines is 1. The molecule has 0 aliphatic rings. The van der Waals surface area contributed by atoms with Gasteiger partial charge in [0.2, 0.25) is 0 Å². The number of carbonyl (C=O) groups excluding carboxylic acids is 1. The SMILES string of the molecule is CC(CC(=O)Cc1ccccc1Cl)c1ccc(N)cc1. The minimum Gasteiger partial charge on any atom is -0.399 e. The predicted molar refractivity (Wildman–Crippen MR) is 84.0 cm³/mol. The van der Waals surface area contributed by atoms with Gasteiger partial charge in [-0.1, -0.05) is 48.9 Å². The highest BCUT2D eigenvalue weighted by atomic mass is 35.5. The maximum absolute atomic E-state index is 12.1. The summed E-state index contributed by atoms with van der Waals surface area (Å²) in [6.45, 7) is 2.05. The van der Waals surface area contributed by atoms with Crippen LogP contribution in [-0.4, -0.2) is 5.78 Å². The molecule has 0 radical (unpaired) electrons. The molecule has 0 fully saturated rings. The van der Waals surface area contributed by atoms with Gasteiger partial charge in [-0.05, 0) is 35.2 Å². The molecule has 0 spiro atoms. The second-order valence-electron chi connectivity index (χ2n) is 5.08. The Morgan fingerprint density at radius 2 is 1.80 bits per heavy atom. The Morgan fingerprint density at radius 3 is 2.45 bits per heavy atom. The van der Waals surface area contributed by atoms with Gasteiger partial charge in [0.1, 0.15) is 5.78 Å². The minimum absolute atomic E-state index is 0.186. The Bertz CT molecular complexity index is 592. The molecule has 0 aliphatic carbocycles. The number of carbonyl (C=O) groups is 1. The van der Waals surface area contributed by atoms with E-state index in [1.807, 2.05) is 48.5 Å². The summed E-state index contributed by atoms with van der Waals surface area (Å²) < 4.78 is 0. The molecule has 20 heavy (non-hydrogen) atoms. The lowest BCUT2D eigenvalue weighted by Gasteiger charge is -2.11. The third kappa shape index (κ3) is 3.84. The Kier molecular flexibility index (Phi) is 4.80. The molecule has 0 saturated carbocycles. The normalized spacial score (nSPS) is 12.1. The van der Waals surface area contributed by atoms with Crippen LogP contribution in [0.4, 0.5) is 5.69 Å². The molecule has 0 aromatic heterocycles. The summed E-state index contributed by atoms with van der Waals surface area (Å²) in [7, 11) is 0. The summed E-state index contributed by atoms with van der Waals surface area (Å²) in [6.07, 6.45) is 0.897. The molecule has 0 heterocycles. The van der Waals surface area contributed by atoms with Crippen molar-refractivity contribution in [2.75, 3.05) is 5.73 Å². The van der Waals surface area contributed by atoms with Crippen molar-refractivity contribution < 1.29 is 4.79 Å². The quantitative estimate of drug-likeness (QED) is 0.836. The molecule has 104 valence electrons. The van der Waals surface area contributed by atoms with Crippen LogP contribution in [0.2, 0.25) is 5.02 Å². The summed E-state index contributed by atoms with van der Waals surface area (Å²) in [5, 5.41) is 0.654. The van der Waals surface area contributed by atoms with E-state index >= 15 is 0 Å². The molecular formula is C17H18ClNO. The first-order chi connectivity index (χ1) is 9.56. The third-order valence-corrected chi connectivity index (χ3v) is 3.75. The molecule has 1 unspecified atom stereocenters. The van der Waals surface area contributed by atoms with Crippen LogP contribution in [-0.2, 0) is 11.2 Å². The van der Waals surface area contributed by atoms with Crippen molar-refractivity contribution in [3.05, 3.63) is 64.7 Å². The van der Waals surface area contributed by atoms with Crippen LogP contribution in [0.5, 0.6) is 0 Å². The maximum Gasteiger partial charge on any atom is 0.137 e. The number of hydrogen-bond acceptors (Lipinski definition) is 2. The van der Waals surface area contributed by atoms with Crippen molar-refractivity contribution in [2.45, 2.75) is 25.7 Å². The Labute approximate surface area is 124 Å². The fourth-order valence-corrected chi connectivity index (χ4v) is 2.41. The van der Waals surface area contributed by atoms with E-state index < -0.39 is 0 Å². The van der Waals surface area contributed by atoms with E-state index in [0.717, 1.165) is 16.8 Å². The second kappa shape index (κ2) is 6.58. The fraction of sp³-hybridized carbons (Fsp3) is 0.235. The second-order valence-corrected chi connectivity index (χ2v) is 5.49. The van der Waals surface area contributed by atoms with Gasteiger partial charge in [-0.25, -0.2) is 0 Å². The van der Waals surface area contributed by atoms with Crippen LogP contribution >= 0.6 is 11.6 Å². The highest BCUT2D eigenvalue weighted by Gasteiger charge is 2.13. The molecule has 0 saturated heterocycles. The highest BCUT2D eigenvalue weighted by molar-refractivity contribution is 6.31. The molecule has 2 rings (SSSR count). The Balaban J connectivity index is 1.98. The number of benzene rings is 2. The van der Waals surface area contributed by atoms with Gasteiger partial charge in [0.15, 0.2) is 0 Å². The number of hydrogen-bond donors (Lipinski definition) is 1. The monoisotopic (exact) mass is 287 g/mol. The number of Topliss-reactive ketones (excluding diaryl/α,β-unsaturated/α-hetero) is 1. The first-order valence-corrected chi connectivity index (χ1v) is 7.04. The van der Waals surface area contributed by atoms with E-state index in [1.54, 1.807) is 0 Å². The van der Waals surface area contributed by atoms with Gasteiger partial charge in [0.05, 0.1) is 0 Å². The van der Waals surface area contributed by atoms with Crippen molar-refractivity contribution >= 4 is 23.1 Å². The largest absolute Gasteiger partial charge is 0.399 e. The predicted octanol–water partition coefficient (Wildman–Crippen LogP) is 4.23. The molecular weight excluding hydrogens is 270 g/mol. The molecule has 0 bridgehead atoms. The van der Waals surface area contributed by atoms with E-state index in [1.165, 1.54) is 0 Å². The number of rotatable bonds is 5. The first kappa shape index (κ1) is 14.6. The van der Waals surface area contributed by atoms with Crippen molar-refractivity contribution in [1.29, 1.82) is 0 Å². The van der Waals surface area contributed by atoms with Crippen molar-refractivity contribution in [2.24, 2.45) is 0 Å². The summed E-state index contributed by atoms with van der Waals surface area (Å²) in [5.74, 6) is 0.382. The third-order valence-electron chi connectivity index (χ3n) is 3.38. The topological polar surface area (TPSA) is 43.1 Å². The standard InChI is InChI=1S/C17H18ClNO/c1-12(13-6-8-15(19)9-7-13)10-16(20)11-14-4-2-3-5-17(14)18/h2-9,12H,10-11,19H2,1H3. The van der Waals surface area contributed by atoms with Crippen LogP contribution in [0.25, 0.3) is 0 Å². The Morgan fingerprint density at radius 1 is 1.15 bits per heavy atom. The van der Waals surface area contributed by atoms with Gasteiger partial charge in [-0.15, -0.1) is 0 Å². The highest BCUT2D eigenvalue weighted by Crippen LogP contribution is 2.22. The van der Waals surface area contributed by atoms with Gasteiger partial charge in [-0.3, -0.25) is 4.79 Å². The molecule has 2 aromatic rings. The average Bonchev–Trinajstić information content (AvgIpc) is 2.42. The van der Waals surface area contributed by atoms with Gasteiger partial charge in [0.25, 0.3) is 0 Å². The molecule has 2 nitrogen and oxygen atoms in total. The van der Waals surface area contributed by atoms with Crippen LogP contribution < -0.4 is 5.73 Å². The van der Waals surface area contributed by atoms with Gasteiger partial charge < -0.3 is 5.73 Å². The van der Waals surface area contributed by atoms with E-state index in [4.69, 9.17) is 17.3 Å². The van der Waals surface area contributed by atoms with E-state index in [2.05, 4.69) is 6.92 Å². The van der Waals surface area contributed by atoms with E-state index in [0.29, 0.717) is 17.9 Å². The zero-order valence-electron chi connectivity index (χ0n) is 11.5. The van der Waals surface area contributed by atoms with Crippen LogP contribution in [0.15, 0.2) is 48.5 Å². The minimum atomic E-state index is 0.186. The Hall–Kier alpha value is -1.80. The van der Waals surface area contributed by atoms with Crippen LogP contribution in [0.3, 0.4) is 0 Å². The lowest BCUT2D eigenvalue weighted by atomic mass is 9.93. The van der Waals surface area contributed by atoms with Crippen LogP contribution in [0, 0.1) is 0 Å². The zero-order chi connectivity index (χ0) is 14.5. The lowest BCUT2D eigenvalue weighted by Crippen LogP contribution is -2.08. The van der Waals surface area contributed by atoms with Crippen molar-refractivity contribution in [3.8, 4) is 0 Å². The maximum atomic E-state index is 12.1. The molecule has 0 aliphatic heterocycles. The number of ketones is 1. The summed E-state index contributed by atoms with van der Waals surface area (Å²) in [6, 6.07) is 15.2. The average molecular weight is 288 g/mol. The summed E-state index contributed by atoms with van der Waals surface area (Å²) in [4.78, 5) is 12.1. The van der Waals surface area contributed by atoms with Crippen LogP contribution in [0.1, 0.15) is 30.4 Å². The fourth-order valence-electron chi connectivity index (χ4n) is 2.21. The first-order valence-electron chi connectivity index (χ1n) is 6.67. The summed E-state index contributed by atoms with van der Waals surface area (Å²) in [5.41, 5.74) is 8.43. The van der Waals surface area contributed by atoms with E-state index in [-0.39, 0.29) is 11.7 Å². The summed E-state index contributed by atoms with van der Waals surface area (Å²) >= 11 is 6.07. The van der Waals surface area contributed by atoms with Gasteiger partial charge in [-0.2, -0.15) is 0 Å². The smallest absolute Gasteiger partial charge is 0.137 e. The van der Waals surface area contributed by atoms with E-state index in [9.17, 15) is 4.79 Å².